The van der Waals surface area contributed by atoms with Crippen LogP contribution < -0.4 is 14.2 Å². The molecule has 0 amide bonds. The third-order valence-corrected chi connectivity index (χ3v) is 4.43. The van der Waals surface area contributed by atoms with Crippen molar-refractivity contribution in [2.45, 2.75) is 0 Å². The largest absolute Gasteiger partial charge is 0.486 e. The molecule has 1 N–H and O–H groups in total. The first-order valence-electron chi connectivity index (χ1n) is 7.73. The minimum atomic E-state index is -3.49. The normalized spacial score (nSPS) is 13.6. The second kappa shape index (κ2) is 6.10. The third-order valence-electron chi connectivity index (χ3n) is 3.83. The van der Waals surface area contributed by atoms with Crippen molar-refractivity contribution < 1.29 is 22.3 Å². The van der Waals surface area contributed by atoms with Gasteiger partial charge in [0.05, 0.1) is 23.2 Å². The number of hydrogen-bond donors (Lipinski definition) is 1. The van der Waals surface area contributed by atoms with Crippen molar-refractivity contribution in [1.29, 1.82) is 0 Å². The van der Waals surface area contributed by atoms with Crippen LogP contribution in [-0.2, 0) is 10.0 Å². The first-order valence-corrected chi connectivity index (χ1v) is 9.62. The maximum absolute atomic E-state index is 14.6. The van der Waals surface area contributed by atoms with Crippen molar-refractivity contribution in [3.05, 3.63) is 42.5 Å². The Morgan fingerprint density at radius 3 is 2.50 bits per heavy atom. The van der Waals surface area contributed by atoms with Gasteiger partial charge in [0.15, 0.2) is 11.5 Å². The number of halogens is 1. The summed E-state index contributed by atoms with van der Waals surface area (Å²) in [5, 5.41) is 0.611. The molecule has 0 atom stereocenters. The van der Waals surface area contributed by atoms with E-state index < -0.39 is 15.8 Å². The third kappa shape index (κ3) is 3.13. The van der Waals surface area contributed by atoms with Crippen LogP contribution in [0.5, 0.6) is 11.5 Å². The molecule has 4 rings (SSSR count). The molecule has 26 heavy (non-hydrogen) atoms. The number of hydrogen-bond acceptors (Lipinski definition) is 6. The molecule has 0 fully saturated rings. The molecular formula is C17H14FN3O4S. The molecule has 0 spiro atoms. The standard InChI is InChI=1S/C17H14FN3O4S/c1-26(22,23)21-10-2-3-11(13(18)6-10)17-12-7-15-16(25-5-4-24-15)8-14(12)19-9-20-17/h2-3,6-9,21H,4-5H2,1H3. The zero-order valence-corrected chi connectivity index (χ0v) is 14.5. The van der Waals surface area contributed by atoms with Crippen molar-refractivity contribution in [3.8, 4) is 22.8 Å². The average Bonchev–Trinajstić information content (AvgIpc) is 2.58. The van der Waals surface area contributed by atoms with Crippen molar-refractivity contribution in [3.63, 3.8) is 0 Å². The zero-order chi connectivity index (χ0) is 18.3. The van der Waals surface area contributed by atoms with Crippen LogP contribution in [0, 0.1) is 5.82 Å². The molecule has 0 saturated carbocycles. The van der Waals surface area contributed by atoms with Gasteiger partial charge in [-0.05, 0) is 24.3 Å². The summed E-state index contributed by atoms with van der Waals surface area (Å²) < 4.78 is 50.6. The van der Waals surface area contributed by atoms with Gasteiger partial charge in [-0.25, -0.2) is 22.8 Å². The topological polar surface area (TPSA) is 90.4 Å². The van der Waals surface area contributed by atoms with Crippen molar-refractivity contribution >= 4 is 26.6 Å². The van der Waals surface area contributed by atoms with E-state index in [1.54, 1.807) is 12.1 Å². The van der Waals surface area contributed by atoms with Crippen LogP contribution in [0.3, 0.4) is 0 Å². The molecule has 0 aliphatic carbocycles. The number of fused-ring (bicyclic) bond motifs is 2. The van der Waals surface area contributed by atoms with Gasteiger partial charge < -0.3 is 9.47 Å². The van der Waals surface area contributed by atoms with Gasteiger partial charge in [-0.15, -0.1) is 0 Å². The summed E-state index contributed by atoms with van der Waals surface area (Å²) in [6, 6.07) is 7.52. The Morgan fingerprint density at radius 1 is 1.08 bits per heavy atom. The maximum Gasteiger partial charge on any atom is 0.229 e. The van der Waals surface area contributed by atoms with Crippen LogP contribution in [-0.4, -0.2) is 37.9 Å². The smallest absolute Gasteiger partial charge is 0.229 e. The number of anilines is 1. The van der Waals surface area contributed by atoms with E-state index in [2.05, 4.69) is 14.7 Å². The minimum Gasteiger partial charge on any atom is -0.486 e. The highest BCUT2D eigenvalue weighted by atomic mass is 32.2. The van der Waals surface area contributed by atoms with E-state index in [-0.39, 0.29) is 11.3 Å². The molecule has 134 valence electrons. The second-order valence-corrected chi connectivity index (χ2v) is 7.55. The molecule has 1 aromatic heterocycles. The number of aromatic nitrogens is 2. The highest BCUT2D eigenvalue weighted by molar-refractivity contribution is 7.92. The zero-order valence-electron chi connectivity index (χ0n) is 13.7. The van der Waals surface area contributed by atoms with Gasteiger partial charge in [0.2, 0.25) is 10.0 Å². The molecule has 2 heterocycles. The average molecular weight is 375 g/mol. The Kier molecular flexibility index (Phi) is 3.87. The summed E-state index contributed by atoms with van der Waals surface area (Å²) in [5.41, 5.74) is 1.35. The second-order valence-electron chi connectivity index (χ2n) is 5.80. The Hall–Kier alpha value is -2.94. The molecule has 7 nitrogen and oxygen atoms in total. The van der Waals surface area contributed by atoms with Crippen molar-refractivity contribution in [2.24, 2.45) is 0 Å². The molecule has 3 aromatic rings. The van der Waals surface area contributed by atoms with Crippen LogP contribution in [0.15, 0.2) is 36.7 Å². The predicted molar refractivity (Wildman–Crippen MR) is 94.4 cm³/mol. The summed E-state index contributed by atoms with van der Waals surface area (Å²) in [6.45, 7) is 0.890. The van der Waals surface area contributed by atoms with E-state index in [9.17, 15) is 12.8 Å². The molecular weight excluding hydrogens is 361 g/mol. The monoisotopic (exact) mass is 375 g/mol. The Bertz CT molecular complexity index is 1120. The Morgan fingerprint density at radius 2 is 1.81 bits per heavy atom. The lowest BCUT2D eigenvalue weighted by Gasteiger charge is -2.19. The van der Waals surface area contributed by atoms with E-state index in [0.717, 1.165) is 12.3 Å². The van der Waals surface area contributed by atoms with Gasteiger partial charge >= 0.3 is 0 Å². The van der Waals surface area contributed by atoms with Crippen molar-refractivity contribution in [1.82, 2.24) is 9.97 Å². The van der Waals surface area contributed by atoms with Crippen molar-refractivity contribution in [2.75, 3.05) is 24.2 Å². The lowest BCUT2D eigenvalue weighted by Crippen LogP contribution is -2.15. The molecule has 9 heteroatoms. The van der Waals surface area contributed by atoms with Gasteiger partial charge in [-0.3, -0.25) is 4.72 Å². The fourth-order valence-corrected chi connectivity index (χ4v) is 3.35. The molecule has 0 radical (unpaired) electrons. The van der Waals surface area contributed by atoms with Gasteiger partial charge in [0.25, 0.3) is 0 Å². The van der Waals surface area contributed by atoms with Crippen LogP contribution in [0.2, 0.25) is 0 Å². The SMILES string of the molecule is CS(=O)(=O)Nc1ccc(-c2ncnc3cc4c(cc23)OCCO4)c(F)c1. The lowest BCUT2D eigenvalue weighted by atomic mass is 10.0. The molecule has 0 saturated heterocycles. The number of nitrogens with one attached hydrogen (secondary N) is 1. The summed E-state index contributed by atoms with van der Waals surface area (Å²) >= 11 is 0. The molecule has 0 unspecified atom stereocenters. The summed E-state index contributed by atoms with van der Waals surface area (Å²) in [6.07, 6.45) is 2.35. The number of sulfonamides is 1. The van der Waals surface area contributed by atoms with Crippen LogP contribution >= 0.6 is 0 Å². The molecule has 2 aromatic carbocycles. The molecule has 1 aliphatic rings. The Balaban J connectivity index is 1.84. The number of rotatable bonds is 3. The van der Waals surface area contributed by atoms with E-state index in [0.29, 0.717) is 41.3 Å². The number of ether oxygens (including phenoxy) is 2. The first kappa shape index (κ1) is 16.5. The van der Waals surface area contributed by atoms with Gasteiger partial charge in [0.1, 0.15) is 25.4 Å². The molecule has 0 bridgehead atoms. The van der Waals surface area contributed by atoms with E-state index in [1.165, 1.54) is 18.5 Å². The number of nitrogens with zero attached hydrogens (tertiary/aromatic N) is 2. The fraction of sp³-hybridized carbons (Fsp3) is 0.176. The molecule has 1 aliphatic heterocycles. The summed E-state index contributed by atoms with van der Waals surface area (Å²) in [5.74, 6) is 0.533. The van der Waals surface area contributed by atoms with E-state index in [4.69, 9.17) is 9.47 Å². The number of benzene rings is 2. The first-order chi connectivity index (χ1) is 12.4. The van der Waals surface area contributed by atoms with Crippen LogP contribution in [0.25, 0.3) is 22.2 Å². The summed E-state index contributed by atoms with van der Waals surface area (Å²) in [7, 11) is -3.49. The van der Waals surface area contributed by atoms with Gasteiger partial charge in [-0.1, -0.05) is 0 Å². The van der Waals surface area contributed by atoms with Gasteiger partial charge in [0, 0.05) is 17.0 Å². The highest BCUT2D eigenvalue weighted by Gasteiger charge is 2.18. The minimum absolute atomic E-state index is 0.140. The predicted octanol–water partition coefficient (Wildman–Crippen LogP) is 2.58. The highest BCUT2D eigenvalue weighted by Crippen LogP contribution is 2.37. The van der Waals surface area contributed by atoms with Crippen LogP contribution in [0.1, 0.15) is 0 Å². The van der Waals surface area contributed by atoms with E-state index >= 15 is 0 Å². The Labute approximate surface area is 148 Å². The van der Waals surface area contributed by atoms with E-state index in [1.807, 2.05) is 0 Å². The van der Waals surface area contributed by atoms with Crippen LogP contribution in [0.4, 0.5) is 10.1 Å². The quantitative estimate of drug-likeness (QED) is 0.757. The maximum atomic E-state index is 14.6. The fourth-order valence-electron chi connectivity index (χ4n) is 2.79. The summed E-state index contributed by atoms with van der Waals surface area (Å²) in [4.78, 5) is 8.42. The van der Waals surface area contributed by atoms with Gasteiger partial charge in [-0.2, -0.15) is 0 Å². The lowest BCUT2D eigenvalue weighted by molar-refractivity contribution is 0.172.